The standard InChI is InChI=1S/C24H23N5O3/c1-15-12-16(2)26-23(25-15)28-24-27-22(30)20(13-17-8-6-5-7-9-17)29(24)19-14-18(31-3)10-11-21(19)32-4/h5-14H,1-4H3,(H,25,26,27,28,30)/b20-13+. The molecule has 1 saturated heterocycles. The van der Waals surface area contributed by atoms with Gasteiger partial charge in [0.15, 0.2) is 0 Å². The van der Waals surface area contributed by atoms with Gasteiger partial charge in [0.2, 0.25) is 5.96 Å². The van der Waals surface area contributed by atoms with E-state index < -0.39 is 0 Å². The topological polar surface area (TPSA) is 88.9 Å². The summed E-state index contributed by atoms with van der Waals surface area (Å²) in [5.41, 5.74) is 3.41. The summed E-state index contributed by atoms with van der Waals surface area (Å²) in [7, 11) is 3.15. The van der Waals surface area contributed by atoms with Gasteiger partial charge in [0.1, 0.15) is 17.2 Å². The Morgan fingerprint density at radius 3 is 2.34 bits per heavy atom. The fraction of sp³-hybridized carbons (Fsp3) is 0.167. The molecule has 0 radical (unpaired) electrons. The van der Waals surface area contributed by atoms with Crippen molar-refractivity contribution in [2.45, 2.75) is 13.8 Å². The van der Waals surface area contributed by atoms with Crippen LogP contribution in [0.3, 0.4) is 0 Å². The molecule has 1 aliphatic heterocycles. The van der Waals surface area contributed by atoms with Crippen LogP contribution in [0.4, 0.5) is 11.6 Å². The Bertz CT molecular complexity index is 1200. The number of carbonyl (C=O) groups excluding carboxylic acids is 1. The van der Waals surface area contributed by atoms with E-state index in [9.17, 15) is 4.79 Å². The molecule has 8 heteroatoms. The summed E-state index contributed by atoms with van der Waals surface area (Å²) in [5.74, 6) is 1.39. The number of amides is 1. The second-order valence-corrected chi connectivity index (χ2v) is 7.15. The third-order valence-electron chi connectivity index (χ3n) is 4.82. The van der Waals surface area contributed by atoms with Crippen LogP contribution in [0.5, 0.6) is 11.5 Å². The largest absolute Gasteiger partial charge is 0.497 e. The normalized spacial score (nSPS) is 15.9. The zero-order chi connectivity index (χ0) is 22.7. The Balaban J connectivity index is 1.92. The number of benzene rings is 2. The maximum absolute atomic E-state index is 13.0. The molecule has 0 bridgehead atoms. The van der Waals surface area contributed by atoms with Crippen LogP contribution in [-0.4, -0.2) is 36.1 Å². The average Bonchev–Trinajstić information content (AvgIpc) is 3.07. The first-order valence-corrected chi connectivity index (χ1v) is 9.99. The smallest absolute Gasteiger partial charge is 0.275 e. The minimum absolute atomic E-state index is 0.255. The lowest BCUT2D eigenvalue weighted by Crippen LogP contribution is -2.30. The van der Waals surface area contributed by atoms with E-state index in [4.69, 9.17) is 9.47 Å². The van der Waals surface area contributed by atoms with E-state index in [1.54, 1.807) is 43.4 Å². The number of methoxy groups -OCH3 is 2. The molecule has 1 fully saturated rings. The maximum atomic E-state index is 13.0. The molecule has 2 heterocycles. The van der Waals surface area contributed by atoms with Crippen molar-refractivity contribution in [3.05, 3.63) is 77.2 Å². The monoisotopic (exact) mass is 429 g/mol. The molecule has 1 amide bonds. The van der Waals surface area contributed by atoms with Crippen LogP contribution in [0.2, 0.25) is 0 Å². The number of guanidine groups is 1. The molecular formula is C24H23N5O3. The highest BCUT2D eigenvalue weighted by Gasteiger charge is 2.35. The molecule has 2 aromatic carbocycles. The number of nitrogens with zero attached hydrogens (tertiary/aromatic N) is 4. The summed E-state index contributed by atoms with van der Waals surface area (Å²) < 4.78 is 11.0. The minimum atomic E-state index is -0.304. The number of hydrogen-bond acceptors (Lipinski definition) is 6. The van der Waals surface area contributed by atoms with E-state index >= 15 is 0 Å². The summed E-state index contributed by atoms with van der Waals surface area (Å²) >= 11 is 0. The number of rotatable bonds is 5. The van der Waals surface area contributed by atoms with Crippen LogP contribution in [0, 0.1) is 13.8 Å². The number of nitrogens with one attached hydrogen (secondary N) is 1. The van der Waals surface area contributed by atoms with Gasteiger partial charge in [-0.15, -0.1) is 0 Å². The van der Waals surface area contributed by atoms with Crippen molar-refractivity contribution < 1.29 is 14.3 Å². The molecule has 0 unspecified atom stereocenters. The molecule has 32 heavy (non-hydrogen) atoms. The Labute approximate surface area is 186 Å². The van der Waals surface area contributed by atoms with Crippen molar-refractivity contribution in [2.24, 2.45) is 4.99 Å². The first-order chi connectivity index (χ1) is 15.5. The quantitative estimate of drug-likeness (QED) is 0.621. The second kappa shape index (κ2) is 8.89. The van der Waals surface area contributed by atoms with Crippen molar-refractivity contribution in [1.29, 1.82) is 0 Å². The fourth-order valence-corrected chi connectivity index (χ4v) is 3.42. The third-order valence-corrected chi connectivity index (χ3v) is 4.82. The SMILES string of the molecule is COc1ccc(OC)c(N2/C(=C/c3ccccc3)C(=O)N/C2=N\c2nc(C)cc(C)n2)c1. The lowest BCUT2D eigenvalue weighted by atomic mass is 10.1. The lowest BCUT2D eigenvalue weighted by molar-refractivity contribution is -0.115. The highest BCUT2D eigenvalue weighted by Crippen LogP contribution is 2.37. The molecule has 0 spiro atoms. The van der Waals surface area contributed by atoms with E-state index in [1.165, 1.54) is 0 Å². The van der Waals surface area contributed by atoms with Gasteiger partial charge in [-0.05, 0) is 43.7 Å². The van der Waals surface area contributed by atoms with Gasteiger partial charge in [-0.1, -0.05) is 30.3 Å². The van der Waals surface area contributed by atoms with Crippen molar-refractivity contribution in [3.8, 4) is 11.5 Å². The number of anilines is 1. The second-order valence-electron chi connectivity index (χ2n) is 7.15. The minimum Gasteiger partial charge on any atom is -0.497 e. The predicted octanol–water partition coefficient (Wildman–Crippen LogP) is 3.78. The first kappa shape index (κ1) is 21.0. The van der Waals surface area contributed by atoms with Crippen LogP contribution < -0.4 is 19.7 Å². The van der Waals surface area contributed by atoms with Gasteiger partial charge in [0, 0.05) is 17.5 Å². The molecule has 3 aromatic rings. The predicted molar refractivity (Wildman–Crippen MR) is 123 cm³/mol. The van der Waals surface area contributed by atoms with Crippen molar-refractivity contribution >= 4 is 29.6 Å². The summed E-state index contributed by atoms with van der Waals surface area (Å²) in [6, 6.07) is 16.8. The summed E-state index contributed by atoms with van der Waals surface area (Å²) in [4.78, 5) is 28.1. The van der Waals surface area contributed by atoms with Gasteiger partial charge in [-0.2, -0.15) is 4.99 Å². The van der Waals surface area contributed by atoms with Crippen LogP contribution in [0.25, 0.3) is 6.08 Å². The Kier molecular flexibility index (Phi) is 5.85. The summed E-state index contributed by atoms with van der Waals surface area (Å²) in [5, 5.41) is 2.84. The number of aryl methyl sites for hydroxylation is 2. The van der Waals surface area contributed by atoms with Crippen LogP contribution >= 0.6 is 0 Å². The molecule has 1 aromatic heterocycles. The Morgan fingerprint density at radius 1 is 0.969 bits per heavy atom. The Morgan fingerprint density at radius 2 is 1.69 bits per heavy atom. The van der Waals surface area contributed by atoms with Crippen LogP contribution in [0.1, 0.15) is 17.0 Å². The van der Waals surface area contributed by atoms with E-state index in [0.717, 1.165) is 17.0 Å². The van der Waals surface area contributed by atoms with Gasteiger partial charge in [0.25, 0.3) is 11.9 Å². The van der Waals surface area contributed by atoms with Gasteiger partial charge in [-0.25, -0.2) is 9.97 Å². The third kappa shape index (κ3) is 4.29. The fourth-order valence-electron chi connectivity index (χ4n) is 3.42. The zero-order valence-electron chi connectivity index (χ0n) is 18.3. The van der Waals surface area contributed by atoms with Crippen LogP contribution in [0.15, 0.2) is 65.3 Å². The molecule has 4 rings (SSSR count). The molecule has 1 aliphatic rings. The summed E-state index contributed by atoms with van der Waals surface area (Å²) in [6.45, 7) is 3.74. The van der Waals surface area contributed by atoms with Crippen LogP contribution in [-0.2, 0) is 4.79 Å². The summed E-state index contributed by atoms with van der Waals surface area (Å²) in [6.07, 6.45) is 1.79. The number of aliphatic imine (C=N–C) groups is 1. The van der Waals surface area contributed by atoms with Gasteiger partial charge in [0.05, 0.1) is 19.9 Å². The van der Waals surface area contributed by atoms with Gasteiger partial charge >= 0.3 is 0 Å². The van der Waals surface area contributed by atoms with Crippen molar-refractivity contribution in [3.63, 3.8) is 0 Å². The molecule has 162 valence electrons. The number of ether oxygens (including phenoxy) is 2. The molecule has 8 nitrogen and oxygen atoms in total. The molecule has 1 N–H and O–H groups in total. The zero-order valence-corrected chi connectivity index (χ0v) is 18.3. The average molecular weight is 429 g/mol. The maximum Gasteiger partial charge on any atom is 0.275 e. The molecular weight excluding hydrogens is 406 g/mol. The molecule has 0 aliphatic carbocycles. The van der Waals surface area contributed by atoms with E-state index in [0.29, 0.717) is 22.9 Å². The van der Waals surface area contributed by atoms with Crippen molar-refractivity contribution in [2.75, 3.05) is 19.1 Å². The van der Waals surface area contributed by atoms with Gasteiger partial charge in [-0.3, -0.25) is 15.0 Å². The number of carbonyl (C=O) groups is 1. The highest BCUT2D eigenvalue weighted by atomic mass is 16.5. The first-order valence-electron chi connectivity index (χ1n) is 9.99. The number of aromatic nitrogens is 2. The van der Waals surface area contributed by atoms with E-state index in [-0.39, 0.29) is 17.8 Å². The van der Waals surface area contributed by atoms with E-state index in [1.807, 2.05) is 50.2 Å². The van der Waals surface area contributed by atoms with Gasteiger partial charge < -0.3 is 9.47 Å². The number of hydrogen-bond donors (Lipinski definition) is 1. The molecule has 0 saturated carbocycles. The highest BCUT2D eigenvalue weighted by molar-refractivity contribution is 6.25. The molecule has 0 atom stereocenters. The van der Waals surface area contributed by atoms with Crippen molar-refractivity contribution in [1.82, 2.24) is 15.3 Å². The lowest BCUT2D eigenvalue weighted by Gasteiger charge is -2.21. The van der Waals surface area contributed by atoms with E-state index in [2.05, 4.69) is 20.3 Å². The Hall–Kier alpha value is -4.20.